The summed E-state index contributed by atoms with van der Waals surface area (Å²) in [5.74, 6) is -0.200. The van der Waals surface area contributed by atoms with Gasteiger partial charge in [0.2, 0.25) is 0 Å². The second-order valence-corrected chi connectivity index (χ2v) is 7.10. The topological polar surface area (TPSA) is 19.4 Å². The molecule has 0 atom stereocenters. The average molecular weight is 361 g/mol. The zero-order chi connectivity index (χ0) is 18.6. The molecule has 138 valence electrons. The highest BCUT2D eigenvalue weighted by atomic mass is 19.1. The Hall–Kier alpha value is -2.88. The Balaban J connectivity index is 1.41. The lowest BCUT2D eigenvalue weighted by molar-refractivity contribution is 0.482. The summed E-state index contributed by atoms with van der Waals surface area (Å²) < 4.78 is 13.4. The molecule has 0 spiro atoms. The summed E-state index contributed by atoms with van der Waals surface area (Å²) in [5.41, 5.74) is 4.36. The van der Waals surface area contributed by atoms with Gasteiger partial charge in [-0.15, -0.1) is 0 Å². The smallest absolute Gasteiger partial charge is 0.123 e. The molecule has 0 bridgehead atoms. The van der Waals surface area contributed by atoms with E-state index in [9.17, 15) is 4.39 Å². The summed E-state index contributed by atoms with van der Waals surface area (Å²) in [6.45, 7) is 2.09. The van der Waals surface area contributed by atoms with Crippen LogP contribution in [0.4, 0.5) is 15.8 Å². The molecule has 1 fully saturated rings. The van der Waals surface area contributed by atoms with Crippen LogP contribution < -0.4 is 9.80 Å². The van der Waals surface area contributed by atoms with Crippen LogP contribution in [0.3, 0.4) is 0 Å². The molecule has 0 aliphatic carbocycles. The van der Waals surface area contributed by atoms with Gasteiger partial charge in [-0.05, 0) is 60.4 Å². The van der Waals surface area contributed by atoms with Crippen LogP contribution >= 0.6 is 0 Å². The van der Waals surface area contributed by atoms with Gasteiger partial charge in [-0.2, -0.15) is 0 Å². The first-order chi connectivity index (χ1) is 13.2. The third-order valence-electron chi connectivity index (χ3n) is 5.46. The fourth-order valence-electron chi connectivity index (χ4n) is 3.82. The lowest BCUT2D eigenvalue weighted by Gasteiger charge is -2.38. The predicted molar refractivity (Wildman–Crippen MR) is 110 cm³/mol. The number of hydrogen-bond acceptors (Lipinski definition) is 3. The van der Waals surface area contributed by atoms with Gasteiger partial charge in [0.15, 0.2) is 0 Å². The van der Waals surface area contributed by atoms with Crippen LogP contribution in [0, 0.1) is 5.82 Å². The van der Waals surface area contributed by atoms with E-state index >= 15 is 0 Å². The maximum atomic E-state index is 13.4. The fraction of sp³-hybridized carbons (Fsp3) is 0.261. The van der Waals surface area contributed by atoms with Gasteiger partial charge in [0.05, 0.1) is 11.9 Å². The number of benzene rings is 2. The lowest BCUT2D eigenvalue weighted by Crippen LogP contribution is -2.43. The van der Waals surface area contributed by atoms with Crippen LogP contribution in [0.1, 0.15) is 12.8 Å². The molecule has 1 aliphatic rings. The highest BCUT2D eigenvalue weighted by Gasteiger charge is 2.23. The Morgan fingerprint density at radius 2 is 1.74 bits per heavy atom. The third-order valence-corrected chi connectivity index (χ3v) is 5.46. The fourth-order valence-corrected chi connectivity index (χ4v) is 3.82. The van der Waals surface area contributed by atoms with Crippen LogP contribution in [-0.2, 0) is 0 Å². The molecule has 0 N–H and O–H groups in total. The zero-order valence-electron chi connectivity index (χ0n) is 15.6. The average Bonchev–Trinajstić information content (AvgIpc) is 2.74. The SMILES string of the molecule is CN(c1ccc(-c2cccc(F)c2)cc1)C1CCN(c2cccnc2)CC1. The lowest BCUT2D eigenvalue weighted by atomic mass is 10.0. The maximum Gasteiger partial charge on any atom is 0.123 e. The van der Waals surface area contributed by atoms with Crippen molar-refractivity contribution in [1.29, 1.82) is 0 Å². The summed E-state index contributed by atoms with van der Waals surface area (Å²) in [4.78, 5) is 9.00. The van der Waals surface area contributed by atoms with Gasteiger partial charge in [0.1, 0.15) is 5.82 Å². The molecular formula is C23H24FN3. The van der Waals surface area contributed by atoms with Gasteiger partial charge >= 0.3 is 0 Å². The van der Waals surface area contributed by atoms with Gasteiger partial charge in [-0.3, -0.25) is 4.98 Å². The summed E-state index contributed by atoms with van der Waals surface area (Å²) in [6.07, 6.45) is 6.00. The number of pyridine rings is 1. The Bertz CT molecular complexity index is 872. The highest BCUT2D eigenvalue weighted by molar-refractivity contribution is 5.66. The number of hydrogen-bond donors (Lipinski definition) is 0. The van der Waals surface area contributed by atoms with Gasteiger partial charge in [0, 0.05) is 38.1 Å². The van der Waals surface area contributed by atoms with E-state index in [1.165, 1.54) is 17.4 Å². The van der Waals surface area contributed by atoms with Crippen LogP contribution in [0.2, 0.25) is 0 Å². The Morgan fingerprint density at radius 1 is 0.963 bits per heavy atom. The second-order valence-electron chi connectivity index (χ2n) is 7.10. The molecular weight excluding hydrogens is 337 g/mol. The first-order valence-electron chi connectivity index (χ1n) is 9.44. The van der Waals surface area contributed by atoms with Crippen molar-refractivity contribution in [3.8, 4) is 11.1 Å². The van der Waals surface area contributed by atoms with Crippen molar-refractivity contribution < 1.29 is 4.39 Å². The molecule has 1 aromatic heterocycles. The number of nitrogens with zero attached hydrogens (tertiary/aromatic N) is 3. The van der Waals surface area contributed by atoms with E-state index in [2.05, 4.69) is 52.2 Å². The molecule has 3 aromatic rings. The van der Waals surface area contributed by atoms with Crippen LogP contribution in [0.25, 0.3) is 11.1 Å². The minimum absolute atomic E-state index is 0.200. The first kappa shape index (κ1) is 17.5. The maximum absolute atomic E-state index is 13.4. The molecule has 1 aliphatic heterocycles. The molecule has 0 radical (unpaired) electrons. The highest BCUT2D eigenvalue weighted by Crippen LogP contribution is 2.27. The Labute approximate surface area is 160 Å². The van der Waals surface area contributed by atoms with Crippen LogP contribution in [0.15, 0.2) is 73.1 Å². The van der Waals surface area contributed by atoms with Crippen molar-refractivity contribution in [1.82, 2.24) is 4.98 Å². The summed E-state index contributed by atoms with van der Waals surface area (Å²) in [5, 5.41) is 0. The molecule has 2 aromatic carbocycles. The minimum atomic E-state index is -0.200. The molecule has 4 rings (SSSR count). The standard InChI is InChI=1S/C23H24FN3/c1-26(22-11-14-27(15-12-22)23-6-3-13-25-17-23)21-9-7-18(8-10-21)19-4-2-5-20(24)16-19/h2-10,13,16-17,22H,11-12,14-15H2,1H3. The quantitative estimate of drug-likeness (QED) is 0.652. The van der Waals surface area contributed by atoms with E-state index in [0.717, 1.165) is 37.1 Å². The Kier molecular flexibility index (Phi) is 5.05. The number of aromatic nitrogens is 1. The van der Waals surface area contributed by atoms with Gasteiger partial charge in [-0.25, -0.2) is 4.39 Å². The van der Waals surface area contributed by atoms with Gasteiger partial charge < -0.3 is 9.80 Å². The summed E-state index contributed by atoms with van der Waals surface area (Å²) in [7, 11) is 2.17. The second kappa shape index (κ2) is 7.78. The Morgan fingerprint density at radius 3 is 2.41 bits per heavy atom. The zero-order valence-corrected chi connectivity index (χ0v) is 15.6. The number of rotatable bonds is 4. The van der Waals surface area contributed by atoms with E-state index < -0.39 is 0 Å². The number of halogens is 1. The van der Waals surface area contributed by atoms with E-state index in [1.54, 1.807) is 12.1 Å². The molecule has 4 heteroatoms. The van der Waals surface area contributed by atoms with Crippen molar-refractivity contribution in [3.05, 3.63) is 78.9 Å². The molecule has 27 heavy (non-hydrogen) atoms. The van der Waals surface area contributed by atoms with Crippen molar-refractivity contribution in [3.63, 3.8) is 0 Å². The number of anilines is 2. The summed E-state index contributed by atoms with van der Waals surface area (Å²) in [6, 6.07) is 19.8. The number of piperidine rings is 1. The van der Waals surface area contributed by atoms with Crippen LogP contribution in [-0.4, -0.2) is 31.2 Å². The van der Waals surface area contributed by atoms with Crippen molar-refractivity contribution >= 4 is 11.4 Å². The van der Waals surface area contributed by atoms with E-state index in [4.69, 9.17) is 0 Å². The predicted octanol–water partition coefficient (Wildman–Crippen LogP) is 4.99. The third kappa shape index (κ3) is 3.95. The van der Waals surface area contributed by atoms with Gasteiger partial charge in [-0.1, -0.05) is 24.3 Å². The molecule has 0 unspecified atom stereocenters. The molecule has 0 saturated carbocycles. The summed E-state index contributed by atoms with van der Waals surface area (Å²) >= 11 is 0. The normalized spacial score (nSPS) is 15.0. The molecule has 1 saturated heterocycles. The molecule has 3 nitrogen and oxygen atoms in total. The van der Waals surface area contributed by atoms with Gasteiger partial charge in [0.25, 0.3) is 0 Å². The largest absolute Gasteiger partial charge is 0.371 e. The van der Waals surface area contributed by atoms with E-state index in [1.807, 2.05) is 24.5 Å². The van der Waals surface area contributed by atoms with Crippen molar-refractivity contribution in [2.24, 2.45) is 0 Å². The minimum Gasteiger partial charge on any atom is -0.371 e. The monoisotopic (exact) mass is 361 g/mol. The molecule has 0 amide bonds. The van der Waals surface area contributed by atoms with E-state index in [-0.39, 0.29) is 5.82 Å². The first-order valence-corrected chi connectivity index (χ1v) is 9.44. The van der Waals surface area contributed by atoms with Crippen molar-refractivity contribution in [2.75, 3.05) is 29.9 Å². The van der Waals surface area contributed by atoms with Crippen molar-refractivity contribution in [2.45, 2.75) is 18.9 Å². The molecule has 2 heterocycles. The van der Waals surface area contributed by atoms with E-state index in [0.29, 0.717) is 6.04 Å². The van der Waals surface area contributed by atoms with Crippen LogP contribution in [0.5, 0.6) is 0 Å².